The van der Waals surface area contributed by atoms with Gasteiger partial charge >= 0.3 is 0 Å². The van der Waals surface area contributed by atoms with Crippen LogP contribution in [0.5, 0.6) is 0 Å². The number of benzene rings is 1. The van der Waals surface area contributed by atoms with Crippen LogP contribution in [0.1, 0.15) is 34.7 Å². The molecule has 0 aliphatic rings. The molecule has 7 nitrogen and oxygen atoms in total. The minimum atomic E-state index is -0.280. The highest BCUT2D eigenvalue weighted by Crippen LogP contribution is 2.22. The van der Waals surface area contributed by atoms with Crippen molar-refractivity contribution < 1.29 is 9.21 Å². The van der Waals surface area contributed by atoms with Crippen molar-refractivity contribution in [2.75, 3.05) is 5.32 Å². The Balaban J connectivity index is 1.65. The van der Waals surface area contributed by atoms with Gasteiger partial charge in [-0.05, 0) is 57.2 Å². The number of fused-ring (bicyclic) bond motifs is 1. The monoisotopic (exact) mass is 363 g/mol. The van der Waals surface area contributed by atoms with Crippen LogP contribution in [0, 0.1) is 13.8 Å². The maximum Gasteiger partial charge on any atom is 0.291 e. The summed E-state index contributed by atoms with van der Waals surface area (Å²) in [4.78, 5) is 17.0. The zero-order chi connectivity index (χ0) is 19.0. The fourth-order valence-electron chi connectivity index (χ4n) is 3.30. The van der Waals surface area contributed by atoms with Gasteiger partial charge in [0.15, 0.2) is 5.76 Å². The molecule has 0 unspecified atom stereocenters. The predicted octanol–water partition coefficient (Wildman–Crippen LogP) is 3.76. The van der Waals surface area contributed by atoms with Gasteiger partial charge in [-0.15, -0.1) is 0 Å². The summed E-state index contributed by atoms with van der Waals surface area (Å²) < 4.78 is 9.26. The quantitative estimate of drug-likeness (QED) is 0.585. The third kappa shape index (κ3) is 3.23. The molecule has 0 saturated heterocycles. The molecule has 1 aromatic carbocycles. The summed E-state index contributed by atoms with van der Waals surface area (Å²) in [7, 11) is 0. The number of nitrogens with one attached hydrogen (secondary N) is 1. The molecule has 27 heavy (non-hydrogen) atoms. The lowest BCUT2D eigenvalue weighted by Gasteiger charge is -2.08. The first-order valence-corrected chi connectivity index (χ1v) is 8.90. The lowest BCUT2D eigenvalue weighted by Crippen LogP contribution is -2.10. The molecule has 138 valence electrons. The summed E-state index contributed by atoms with van der Waals surface area (Å²) in [5, 5.41) is 7.38. The van der Waals surface area contributed by atoms with Crippen molar-refractivity contribution in [3.63, 3.8) is 0 Å². The second kappa shape index (κ2) is 6.75. The molecule has 4 rings (SSSR count). The van der Waals surface area contributed by atoms with Crippen LogP contribution in [-0.2, 0) is 13.1 Å². The lowest BCUT2D eigenvalue weighted by atomic mass is 10.2. The number of amides is 1. The van der Waals surface area contributed by atoms with Crippen molar-refractivity contribution in [1.82, 2.24) is 19.3 Å². The number of aromatic nitrogens is 4. The average molecular weight is 363 g/mol. The summed E-state index contributed by atoms with van der Waals surface area (Å²) in [5.41, 5.74) is 4.65. The Bertz CT molecular complexity index is 1110. The minimum absolute atomic E-state index is 0.277. The number of hydrogen-bond acceptors (Lipinski definition) is 4. The summed E-state index contributed by atoms with van der Waals surface area (Å²) >= 11 is 0. The van der Waals surface area contributed by atoms with Gasteiger partial charge in [-0.2, -0.15) is 5.10 Å². The molecular formula is C20H21N5O2. The Morgan fingerprint density at radius 1 is 1.22 bits per heavy atom. The number of hydrogen-bond donors (Lipinski definition) is 1. The van der Waals surface area contributed by atoms with E-state index in [2.05, 4.69) is 28.0 Å². The molecule has 0 bridgehead atoms. The fourth-order valence-corrected chi connectivity index (χ4v) is 3.30. The van der Waals surface area contributed by atoms with Crippen LogP contribution in [0.15, 0.2) is 47.1 Å². The van der Waals surface area contributed by atoms with Gasteiger partial charge in [-0.25, -0.2) is 4.98 Å². The molecule has 0 atom stereocenters. The van der Waals surface area contributed by atoms with E-state index in [1.165, 1.54) is 6.26 Å². The fraction of sp³-hybridized carbons (Fsp3) is 0.250. The largest absolute Gasteiger partial charge is 0.459 e. The minimum Gasteiger partial charge on any atom is -0.459 e. The van der Waals surface area contributed by atoms with E-state index in [-0.39, 0.29) is 11.7 Å². The summed E-state index contributed by atoms with van der Waals surface area (Å²) in [6.07, 6.45) is 1.48. The first-order valence-electron chi connectivity index (χ1n) is 8.90. The molecule has 0 aliphatic carbocycles. The van der Waals surface area contributed by atoms with Crippen LogP contribution in [0.4, 0.5) is 5.69 Å². The molecule has 1 N–H and O–H groups in total. The molecule has 0 fully saturated rings. The highest BCUT2D eigenvalue weighted by atomic mass is 16.3. The highest BCUT2D eigenvalue weighted by molar-refractivity contribution is 6.03. The smallest absolute Gasteiger partial charge is 0.291 e. The highest BCUT2D eigenvalue weighted by Gasteiger charge is 2.14. The van der Waals surface area contributed by atoms with Crippen molar-refractivity contribution in [2.45, 2.75) is 33.9 Å². The first-order chi connectivity index (χ1) is 13.0. The topological polar surface area (TPSA) is 77.9 Å². The number of imidazole rings is 1. The molecule has 3 heterocycles. The summed E-state index contributed by atoms with van der Waals surface area (Å²) in [5.74, 6) is 0.935. The Labute approximate surface area is 156 Å². The molecule has 4 aromatic rings. The van der Waals surface area contributed by atoms with E-state index in [0.29, 0.717) is 12.2 Å². The molecule has 0 saturated carbocycles. The number of carbonyl (C=O) groups is 1. The summed E-state index contributed by atoms with van der Waals surface area (Å²) in [6.45, 7) is 7.54. The third-order valence-electron chi connectivity index (χ3n) is 4.54. The number of furan rings is 1. The van der Waals surface area contributed by atoms with Crippen LogP contribution in [0.3, 0.4) is 0 Å². The van der Waals surface area contributed by atoms with Gasteiger partial charge < -0.3 is 14.3 Å². The number of anilines is 1. The maximum atomic E-state index is 12.2. The van der Waals surface area contributed by atoms with Crippen LogP contribution < -0.4 is 5.32 Å². The van der Waals surface area contributed by atoms with Gasteiger partial charge in [0.25, 0.3) is 5.91 Å². The SMILES string of the molecule is CCn1c(Cn2nc(C)cc2C)nc2cc(NC(=O)c3ccco3)ccc21. The number of rotatable bonds is 5. The predicted molar refractivity (Wildman–Crippen MR) is 103 cm³/mol. The van der Waals surface area contributed by atoms with Gasteiger partial charge in [0.05, 0.1) is 29.5 Å². The Morgan fingerprint density at radius 2 is 2.07 bits per heavy atom. The van der Waals surface area contributed by atoms with Crippen LogP contribution in [0.25, 0.3) is 11.0 Å². The van der Waals surface area contributed by atoms with E-state index in [4.69, 9.17) is 9.40 Å². The van der Waals surface area contributed by atoms with Crippen LogP contribution >= 0.6 is 0 Å². The molecule has 3 aromatic heterocycles. The lowest BCUT2D eigenvalue weighted by molar-refractivity contribution is 0.0996. The molecule has 0 radical (unpaired) electrons. The Kier molecular flexibility index (Phi) is 4.27. The summed E-state index contributed by atoms with van der Waals surface area (Å²) in [6, 6.07) is 11.1. The van der Waals surface area contributed by atoms with Gasteiger partial charge in [0.2, 0.25) is 0 Å². The van der Waals surface area contributed by atoms with E-state index in [1.807, 2.05) is 36.7 Å². The van der Waals surface area contributed by atoms with Gasteiger partial charge in [0, 0.05) is 17.9 Å². The average Bonchev–Trinajstić information content (AvgIpc) is 3.34. The molecule has 1 amide bonds. The first kappa shape index (κ1) is 17.1. The van der Waals surface area contributed by atoms with Crippen molar-refractivity contribution in [2.24, 2.45) is 0 Å². The second-order valence-electron chi connectivity index (χ2n) is 6.49. The van der Waals surface area contributed by atoms with Crippen LogP contribution in [0.2, 0.25) is 0 Å². The van der Waals surface area contributed by atoms with Gasteiger partial charge in [-0.1, -0.05) is 0 Å². The molecular weight excluding hydrogens is 342 g/mol. The maximum absolute atomic E-state index is 12.2. The molecule has 0 aliphatic heterocycles. The van der Waals surface area contributed by atoms with Crippen molar-refractivity contribution in [1.29, 1.82) is 0 Å². The van der Waals surface area contributed by atoms with Gasteiger partial charge in [0.1, 0.15) is 5.82 Å². The van der Waals surface area contributed by atoms with E-state index in [1.54, 1.807) is 12.1 Å². The Hall–Kier alpha value is -3.35. The number of carbonyl (C=O) groups excluding carboxylic acids is 1. The van der Waals surface area contributed by atoms with Crippen molar-refractivity contribution in [3.05, 3.63) is 65.6 Å². The van der Waals surface area contributed by atoms with E-state index in [9.17, 15) is 4.79 Å². The van der Waals surface area contributed by atoms with E-state index in [0.717, 1.165) is 34.8 Å². The normalized spacial score (nSPS) is 11.2. The van der Waals surface area contributed by atoms with Crippen LogP contribution in [-0.4, -0.2) is 25.2 Å². The zero-order valence-corrected chi connectivity index (χ0v) is 15.6. The second-order valence-corrected chi connectivity index (χ2v) is 6.49. The third-order valence-corrected chi connectivity index (χ3v) is 4.54. The molecule has 0 spiro atoms. The van der Waals surface area contributed by atoms with Crippen molar-refractivity contribution >= 4 is 22.6 Å². The van der Waals surface area contributed by atoms with E-state index >= 15 is 0 Å². The van der Waals surface area contributed by atoms with Gasteiger partial charge in [-0.3, -0.25) is 9.48 Å². The molecule has 7 heteroatoms. The van der Waals surface area contributed by atoms with E-state index < -0.39 is 0 Å². The number of nitrogens with zero attached hydrogens (tertiary/aromatic N) is 4. The number of aryl methyl sites for hydroxylation is 3. The standard InChI is InChI=1S/C20H21N5O2/c1-4-24-17-8-7-15(21-20(26)18-6-5-9-27-18)11-16(17)22-19(24)12-25-14(3)10-13(2)23-25/h5-11H,4,12H2,1-3H3,(H,21,26). The Morgan fingerprint density at radius 3 is 2.74 bits per heavy atom. The zero-order valence-electron chi connectivity index (χ0n) is 15.6. The van der Waals surface area contributed by atoms with Crippen molar-refractivity contribution in [3.8, 4) is 0 Å².